The summed E-state index contributed by atoms with van der Waals surface area (Å²) in [5, 5.41) is 0. The molecular weight excluding hydrogens is 222 g/mol. The SMILES string of the molecule is Cc1ccccc1OCCSCCC(N)=O. The molecule has 3 nitrogen and oxygen atoms in total. The van der Waals surface area contributed by atoms with E-state index >= 15 is 0 Å². The first-order chi connectivity index (χ1) is 7.70. The van der Waals surface area contributed by atoms with Crippen LogP contribution < -0.4 is 10.5 Å². The van der Waals surface area contributed by atoms with Crippen LogP contribution in [0.3, 0.4) is 0 Å². The van der Waals surface area contributed by atoms with Gasteiger partial charge in [-0.2, -0.15) is 11.8 Å². The summed E-state index contributed by atoms with van der Waals surface area (Å²) in [5.41, 5.74) is 6.18. The highest BCUT2D eigenvalue weighted by molar-refractivity contribution is 7.99. The molecule has 0 saturated heterocycles. The summed E-state index contributed by atoms with van der Waals surface area (Å²) in [6, 6.07) is 7.94. The molecule has 1 aromatic carbocycles. The zero-order chi connectivity index (χ0) is 11.8. The van der Waals surface area contributed by atoms with Crippen molar-refractivity contribution >= 4 is 17.7 Å². The number of nitrogens with two attached hydrogens (primary N) is 1. The van der Waals surface area contributed by atoms with Crippen molar-refractivity contribution in [1.29, 1.82) is 0 Å². The highest BCUT2D eigenvalue weighted by atomic mass is 32.2. The predicted octanol–water partition coefficient (Wildman–Crippen LogP) is 1.98. The number of primary amides is 1. The quantitative estimate of drug-likeness (QED) is 0.740. The summed E-state index contributed by atoms with van der Waals surface area (Å²) in [7, 11) is 0. The number of para-hydroxylation sites is 1. The molecule has 0 fully saturated rings. The zero-order valence-electron chi connectivity index (χ0n) is 9.44. The molecule has 0 unspecified atom stereocenters. The van der Waals surface area contributed by atoms with Gasteiger partial charge in [0.1, 0.15) is 5.75 Å². The Morgan fingerprint density at radius 2 is 2.12 bits per heavy atom. The summed E-state index contributed by atoms with van der Waals surface area (Å²) in [6.07, 6.45) is 0.440. The van der Waals surface area contributed by atoms with Gasteiger partial charge >= 0.3 is 0 Å². The number of thioether (sulfide) groups is 1. The first kappa shape index (κ1) is 12.9. The molecule has 16 heavy (non-hydrogen) atoms. The van der Waals surface area contributed by atoms with Crippen LogP contribution in [0.15, 0.2) is 24.3 Å². The lowest BCUT2D eigenvalue weighted by Gasteiger charge is -2.08. The fourth-order valence-corrected chi connectivity index (χ4v) is 1.95. The van der Waals surface area contributed by atoms with E-state index in [0.717, 1.165) is 22.8 Å². The molecule has 0 aliphatic carbocycles. The summed E-state index contributed by atoms with van der Waals surface area (Å²) >= 11 is 1.68. The molecule has 1 rings (SSSR count). The van der Waals surface area contributed by atoms with Crippen molar-refractivity contribution in [2.24, 2.45) is 5.73 Å². The second kappa shape index (κ2) is 7.17. The van der Waals surface area contributed by atoms with Crippen LogP contribution in [0.5, 0.6) is 5.75 Å². The van der Waals surface area contributed by atoms with Gasteiger partial charge in [0.25, 0.3) is 0 Å². The lowest BCUT2D eigenvalue weighted by molar-refractivity contribution is -0.117. The first-order valence-corrected chi connectivity index (χ1v) is 6.40. The summed E-state index contributed by atoms with van der Waals surface area (Å²) in [6.45, 7) is 2.68. The molecule has 0 bridgehead atoms. The third-order valence-corrected chi connectivity index (χ3v) is 3.02. The monoisotopic (exact) mass is 239 g/mol. The lowest BCUT2D eigenvalue weighted by Crippen LogP contribution is -2.11. The van der Waals surface area contributed by atoms with E-state index in [9.17, 15) is 4.79 Å². The van der Waals surface area contributed by atoms with E-state index in [4.69, 9.17) is 10.5 Å². The molecule has 0 spiro atoms. The van der Waals surface area contributed by atoms with Gasteiger partial charge in [-0.3, -0.25) is 4.79 Å². The van der Waals surface area contributed by atoms with E-state index in [-0.39, 0.29) is 5.91 Å². The van der Waals surface area contributed by atoms with Gasteiger partial charge in [0.15, 0.2) is 0 Å². The van der Waals surface area contributed by atoms with E-state index in [1.54, 1.807) is 11.8 Å². The maximum Gasteiger partial charge on any atom is 0.218 e. The summed E-state index contributed by atoms with van der Waals surface area (Å²) < 4.78 is 5.61. The Balaban J connectivity index is 2.12. The van der Waals surface area contributed by atoms with E-state index in [1.165, 1.54) is 0 Å². The Morgan fingerprint density at radius 1 is 1.38 bits per heavy atom. The standard InChI is InChI=1S/C12H17NO2S/c1-10-4-2-3-5-11(10)15-7-9-16-8-6-12(13)14/h2-5H,6-9H2,1H3,(H2,13,14). The van der Waals surface area contributed by atoms with E-state index in [1.807, 2.05) is 31.2 Å². The molecule has 0 saturated carbocycles. The summed E-state index contributed by atoms with van der Waals surface area (Å²) in [4.78, 5) is 10.5. The van der Waals surface area contributed by atoms with Crippen molar-refractivity contribution in [3.05, 3.63) is 29.8 Å². The van der Waals surface area contributed by atoms with Crippen molar-refractivity contribution in [3.8, 4) is 5.75 Å². The number of hydrogen-bond acceptors (Lipinski definition) is 3. The molecule has 0 atom stereocenters. The lowest BCUT2D eigenvalue weighted by atomic mass is 10.2. The highest BCUT2D eigenvalue weighted by Gasteiger charge is 1.98. The maximum absolute atomic E-state index is 10.5. The number of aryl methyl sites for hydroxylation is 1. The predicted molar refractivity (Wildman–Crippen MR) is 67.8 cm³/mol. The third-order valence-electron chi connectivity index (χ3n) is 2.07. The molecule has 0 aliphatic heterocycles. The van der Waals surface area contributed by atoms with E-state index < -0.39 is 0 Å². The highest BCUT2D eigenvalue weighted by Crippen LogP contribution is 2.16. The number of ether oxygens (including phenoxy) is 1. The topological polar surface area (TPSA) is 52.3 Å². The van der Waals surface area contributed by atoms with Gasteiger partial charge in [0.2, 0.25) is 5.91 Å². The molecule has 0 aromatic heterocycles. The largest absolute Gasteiger partial charge is 0.492 e. The van der Waals surface area contributed by atoms with Gasteiger partial charge in [-0.25, -0.2) is 0 Å². The van der Waals surface area contributed by atoms with Crippen LogP contribution in [0.25, 0.3) is 0 Å². The number of hydrogen-bond donors (Lipinski definition) is 1. The van der Waals surface area contributed by atoms with Gasteiger partial charge in [-0.1, -0.05) is 18.2 Å². The summed E-state index contributed by atoms with van der Waals surface area (Å²) in [5.74, 6) is 2.33. The Kier molecular flexibility index (Phi) is 5.78. The van der Waals surface area contributed by atoms with Crippen molar-refractivity contribution in [3.63, 3.8) is 0 Å². The number of carbonyl (C=O) groups is 1. The maximum atomic E-state index is 10.5. The van der Waals surface area contributed by atoms with Gasteiger partial charge in [0.05, 0.1) is 6.61 Å². The number of amides is 1. The van der Waals surface area contributed by atoms with Crippen LogP contribution in [0.2, 0.25) is 0 Å². The van der Waals surface area contributed by atoms with Crippen molar-refractivity contribution in [1.82, 2.24) is 0 Å². The van der Waals surface area contributed by atoms with Crippen molar-refractivity contribution in [2.75, 3.05) is 18.1 Å². The Morgan fingerprint density at radius 3 is 2.81 bits per heavy atom. The minimum Gasteiger partial charge on any atom is -0.492 e. The van der Waals surface area contributed by atoms with Crippen molar-refractivity contribution in [2.45, 2.75) is 13.3 Å². The number of benzene rings is 1. The van der Waals surface area contributed by atoms with Gasteiger partial charge in [-0.15, -0.1) is 0 Å². The van der Waals surface area contributed by atoms with Crippen LogP contribution in [0.4, 0.5) is 0 Å². The van der Waals surface area contributed by atoms with Crippen LogP contribution in [-0.2, 0) is 4.79 Å². The zero-order valence-corrected chi connectivity index (χ0v) is 10.3. The van der Waals surface area contributed by atoms with Gasteiger partial charge < -0.3 is 10.5 Å². The molecule has 88 valence electrons. The minimum absolute atomic E-state index is 0.243. The molecule has 0 radical (unpaired) electrons. The van der Waals surface area contributed by atoms with E-state index in [2.05, 4.69) is 0 Å². The normalized spacial score (nSPS) is 10.1. The fraction of sp³-hybridized carbons (Fsp3) is 0.417. The molecule has 1 aromatic rings. The van der Waals surface area contributed by atoms with Crippen molar-refractivity contribution < 1.29 is 9.53 Å². The van der Waals surface area contributed by atoms with E-state index in [0.29, 0.717) is 13.0 Å². The molecular formula is C12H17NO2S. The minimum atomic E-state index is -0.243. The third kappa shape index (κ3) is 5.07. The second-order valence-corrected chi connectivity index (χ2v) is 4.67. The Hall–Kier alpha value is -1.16. The molecule has 1 amide bonds. The van der Waals surface area contributed by atoms with Crippen LogP contribution in [0, 0.1) is 6.92 Å². The Labute approximate surface area is 100 Å². The second-order valence-electron chi connectivity index (χ2n) is 3.44. The van der Waals surface area contributed by atoms with Crippen LogP contribution in [-0.4, -0.2) is 24.0 Å². The molecule has 0 aliphatic rings. The Bertz CT molecular complexity index is 342. The van der Waals surface area contributed by atoms with Gasteiger partial charge in [-0.05, 0) is 18.6 Å². The van der Waals surface area contributed by atoms with Crippen LogP contribution >= 0.6 is 11.8 Å². The number of carbonyl (C=O) groups excluding carboxylic acids is 1. The molecule has 0 heterocycles. The average molecular weight is 239 g/mol. The fourth-order valence-electron chi connectivity index (χ4n) is 1.20. The smallest absolute Gasteiger partial charge is 0.218 e. The number of rotatable bonds is 7. The van der Waals surface area contributed by atoms with Gasteiger partial charge in [0, 0.05) is 17.9 Å². The first-order valence-electron chi connectivity index (χ1n) is 5.24. The molecule has 2 N–H and O–H groups in total. The van der Waals surface area contributed by atoms with Crippen LogP contribution in [0.1, 0.15) is 12.0 Å². The average Bonchev–Trinajstić information content (AvgIpc) is 2.25. The molecule has 4 heteroatoms.